The second-order valence-corrected chi connectivity index (χ2v) is 5.86. The fraction of sp³-hybridized carbons (Fsp3) is 0.471. The summed E-state index contributed by atoms with van der Waals surface area (Å²) in [6, 6.07) is 5.69. The van der Waals surface area contributed by atoms with Gasteiger partial charge in [-0.15, -0.1) is 0 Å². The number of benzene rings is 1. The number of fused-ring (bicyclic) bond motifs is 1. The number of ether oxygens (including phenoxy) is 1. The van der Waals surface area contributed by atoms with Crippen molar-refractivity contribution < 1.29 is 9.53 Å². The number of carbonyl (C=O) groups is 1. The molecule has 0 spiro atoms. The number of hydrogen-bond acceptors (Lipinski definition) is 4. The van der Waals surface area contributed by atoms with Crippen LogP contribution in [0.15, 0.2) is 23.0 Å². The van der Waals surface area contributed by atoms with Crippen molar-refractivity contribution in [3.8, 4) is 0 Å². The molecule has 1 aromatic heterocycles. The van der Waals surface area contributed by atoms with Crippen LogP contribution in [0.3, 0.4) is 0 Å². The molecule has 5 heteroatoms. The molecule has 5 nitrogen and oxygen atoms in total. The molecule has 1 heterocycles. The van der Waals surface area contributed by atoms with Crippen LogP contribution in [0.5, 0.6) is 0 Å². The van der Waals surface area contributed by atoms with Crippen molar-refractivity contribution in [2.24, 2.45) is 5.92 Å². The van der Waals surface area contributed by atoms with Gasteiger partial charge in [0.05, 0.1) is 17.7 Å². The first-order valence-electron chi connectivity index (χ1n) is 7.58. The van der Waals surface area contributed by atoms with Crippen LogP contribution < -0.4 is 5.56 Å². The summed E-state index contributed by atoms with van der Waals surface area (Å²) in [5.41, 5.74) is 1.68. The molecule has 0 saturated heterocycles. The number of carbonyl (C=O) groups excluding carboxylic acids is 1. The number of esters is 1. The molecule has 0 saturated carbocycles. The number of rotatable bonds is 5. The molecule has 0 fully saturated rings. The first kappa shape index (κ1) is 16.2. The fourth-order valence-electron chi connectivity index (χ4n) is 2.44. The van der Waals surface area contributed by atoms with E-state index < -0.39 is 5.97 Å². The van der Waals surface area contributed by atoms with Crippen molar-refractivity contribution in [1.29, 1.82) is 0 Å². The third-order valence-corrected chi connectivity index (χ3v) is 3.38. The summed E-state index contributed by atoms with van der Waals surface area (Å²) in [5.74, 6) is -0.0381. The van der Waals surface area contributed by atoms with Gasteiger partial charge in [-0.2, -0.15) is 5.10 Å². The largest absolute Gasteiger partial charge is 0.465 e. The molecule has 0 N–H and O–H groups in total. The summed E-state index contributed by atoms with van der Waals surface area (Å²) in [7, 11) is 0. The minimum atomic E-state index is -0.445. The average Bonchev–Trinajstić information content (AvgIpc) is 2.43. The van der Waals surface area contributed by atoms with Gasteiger partial charge in [-0.1, -0.05) is 25.5 Å². The van der Waals surface area contributed by atoms with Gasteiger partial charge in [-0.05, 0) is 38.3 Å². The van der Waals surface area contributed by atoms with E-state index in [1.54, 1.807) is 13.0 Å². The van der Waals surface area contributed by atoms with Crippen molar-refractivity contribution in [1.82, 2.24) is 9.78 Å². The first-order valence-corrected chi connectivity index (χ1v) is 7.58. The molecule has 0 bridgehead atoms. The predicted octanol–water partition coefficient (Wildman–Crippen LogP) is 2.47. The van der Waals surface area contributed by atoms with Crippen molar-refractivity contribution in [2.75, 3.05) is 6.61 Å². The van der Waals surface area contributed by atoms with E-state index in [9.17, 15) is 9.59 Å². The number of aromatic nitrogens is 2. The molecule has 0 aliphatic carbocycles. The number of aryl methyl sites for hydroxylation is 1. The Labute approximate surface area is 129 Å². The van der Waals surface area contributed by atoms with Crippen molar-refractivity contribution >= 4 is 16.7 Å². The molecule has 0 aliphatic heterocycles. The number of hydrogen-bond donors (Lipinski definition) is 0. The van der Waals surface area contributed by atoms with Crippen LogP contribution in [-0.4, -0.2) is 22.4 Å². The van der Waals surface area contributed by atoms with Crippen molar-refractivity contribution in [3.63, 3.8) is 0 Å². The summed E-state index contributed by atoms with van der Waals surface area (Å²) < 4.78 is 6.13. The Morgan fingerprint density at radius 2 is 2.05 bits per heavy atom. The molecule has 0 amide bonds. The highest BCUT2D eigenvalue weighted by Gasteiger charge is 2.14. The summed E-state index contributed by atoms with van der Waals surface area (Å²) in [5, 5.41) is 5.88. The first-order chi connectivity index (χ1) is 10.4. The predicted molar refractivity (Wildman–Crippen MR) is 85.9 cm³/mol. The smallest absolute Gasteiger partial charge is 0.327 e. The molecule has 1 aromatic carbocycles. The monoisotopic (exact) mass is 302 g/mol. The molecule has 0 unspecified atom stereocenters. The molecular formula is C17H22N2O3. The van der Waals surface area contributed by atoms with Gasteiger partial charge in [0.25, 0.3) is 5.56 Å². The normalized spacial score (nSPS) is 11.1. The van der Waals surface area contributed by atoms with Gasteiger partial charge < -0.3 is 4.74 Å². The lowest BCUT2D eigenvalue weighted by molar-refractivity contribution is -0.144. The van der Waals surface area contributed by atoms with E-state index in [1.165, 1.54) is 4.68 Å². The zero-order chi connectivity index (χ0) is 16.3. The van der Waals surface area contributed by atoms with Crippen LogP contribution in [0.1, 0.15) is 32.0 Å². The molecule has 22 heavy (non-hydrogen) atoms. The van der Waals surface area contributed by atoms with Crippen molar-refractivity contribution in [3.05, 3.63) is 39.8 Å². The lowest BCUT2D eigenvalue weighted by Crippen LogP contribution is -2.29. The molecule has 118 valence electrons. The van der Waals surface area contributed by atoms with Crippen LogP contribution in [0.25, 0.3) is 10.8 Å². The van der Waals surface area contributed by atoms with Gasteiger partial charge in [-0.3, -0.25) is 9.59 Å². The maximum atomic E-state index is 12.5. The molecule has 0 aliphatic rings. The van der Waals surface area contributed by atoms with Crippen LogP contribution in [0, 0.1) is 12.8 Å². The third kappa shape index (κ3) is 3.53. The van der Waals surface area contributed by atoms with E-state index in [4.69, 9.17) is 4.74 Å². The molecule has 2 aromatic rings. The van der Waals surface area contributed by atoms with E-state index in [2.05, 4.69) is 18.9 Å². The highest BCUT2D eigenvalue weighted by atomic mass is 16.5. The standard InChI is InChI=1S/C17H22N2O3/c1-5-22-16(20)10-19-17(21)13-7-6-12(4)9-14(13)15(18-19)8-11(2)3/h6-7,9,11H,5,8,10H2,1-4H3. The van der Waals surface area contributed by atoms with E-state index in [-0.39, 0.29) is 12.1 Å². The Morgan fingerprint density at radius 3 is 2.68 bits per heavy atom. The Morgan fingerprint density at radius 1 is 1.32 bits per heavy atom. The second-order valence-electron chi connectivity index (χ2n) is 5.86. The minimum absolute atomic E-state index is 0.151. The van der Waals surface area contributed by atoms with Gasteiger partial charge in [-0.25, -0.2) is 4.68 Å². The fourth-order valence-corrected chi connectivity index (χ4v) is 2.44. The lowest BCUT2D eigenvalue weighted by Gasteiger charge is -2.12. The third-order valence-electron chi connectivity index (χ3n) is 3.38. The van der Waals surface area contributed by atoms with E-state index in [1.807, 2.05) is 19.1 Å². The second kappa shape index (κ2) is 6.73. The minimum Gasteiger partial charge on any atom is -0.465 e. The highest BCUT2D eigenvalue weighted by Crippen LogP contribution is 2.18. The van der Waals surface area contributed by atoms with E-state index in [0.29, 0.717) is 17.9 Å². The van der Waals surface area contributed by atoms with Crippen LogP contribution in [0.2, 0.25) is 0 Å². The van der Waals surface area contributed by atoms with Gasteiger partial charge in [0.2, 0.25) is 0 Å². The van der Waals surface area contributed by atoms with Crippen LogP contribution >= 0.6 is 0 Å². The summed E-state index contributed by atoms with van der Waals surface area (Å²) in [4.78, 5) is 24.2. The Kier molecular flexibility index (Phi) is 4.96. The number of nitrogens with zero attached hydrogens (tertiary/aromatic N) is 2. The SMILES string of the molecule is CCOC(=O)Cn1nc(CC(C)C)c2cc(C)ccc2c1=O. The van der Waals surface area contributed by atoms with Crippen LogP contribution in [-0.2, 0) is 22.5 Å². The quantitative estimate of drug-likeness (QED) is 0.796. The highest BCUT2D eigenvalue weighted by molar-refractivity contribution is 5.84. The molecule has 0 atom stereocenters. The Bertz CT molecular complexity index is 747. The summed E-state index contributed by atoms with van der Waals surface area (Å²) >= 11 is 0. The average molecular weight is 302 g/mol. The lowest BCUT2D eigenvalue weighted by atomic mass is 10.0. The van der Waals surface area contributed by atoms with Gasteiger partial charge in [0.1, 0.15) is 6.54 Å². The van der Waals surface area contributed by atoms with Gasteiger partial charge in [0, 0.05) is 5.39 Å². The van der Waals surface area contributed by atoms with Gasteiger partial charge in [0.15, 0.2) is 0 Å². The molecule has 2 rings (SSSR count). The molecule has 0 radical (unpaired) electrons. The Hall–Kier alpha value is -2.17. The topological polar surface area (TPSA) is 61.2 Å². The maximum absolute atomic E-state index is 12.5. The van der Waals surface area contributed by atoms with E-state index >= 15 is 0 Å². The summed E-state index contributed by atoms with van der Waals surface area (Å²) in [6.07, 6.45) is 0.753. The maximum Gasteiger partial charge on any atom is 0.327 e. The zero-order valence-electron chi connectivity index (χ0n) is 13.5. The zero-order valence-corrected chi connectivity index (χ0v) is 13.5. The Balaban J connectivity index is 2.58. The summed E-state index contributed by atoms with van der Waals surface area (Å²) in [6.45, 7) is 8.07. The van der Waals surface area contributed by atoms with Gasteiger partial charge >= 0.3 is 5.97 Å². The van der Waals surface area contributed by atoms with Crippen molar-refractivity contribution in [2.45, 2.75) is 40.7 Å². The van der Waals surface area contributed by atoms with Crippen LogP contribution in [0.4, 0.5) is 0 Å². The molecular weight excluding hydrogens is 280 g/mol. The van der Waals surface area contributed by atoms with E-state index in [0.717, 1.165) is 23.1 Å².